The zero-order valence-electron chi connectivity index (χ0n) is 12.3. The Balaban J connectivity index is 1.95. The largest absolute Gasteiger partial charge is 0.301 e. The smallest absolute Gasteiger partial charge is 0.0697 e. The van der Waals surface area contributed by atoms with Crippen molar-refractivity contribution in [2.45, 2.75) is 12.8 Å². The first-order valence-electron chi connectivity index (χ1n) is 7.72. The van der Waals surface area contributed by atoms with Gasteiger partial charge in [0.2, 0.25) is 0 Å². The molecule has 0 spiro atoms. The highest BCUT2D eigenvalue weighted by Crippen LogP contribution is 2.38. The molecule has 2 aliphatic rings. The van der Waals surface area contributed by atoms with E-state index in [1.54, 1.807) is 0 Å². The number of fused-ring (bicyclic) bond motifs is 1. The molecule has 1 aliphatic carbocycles. The van der Waals surface area contributed by atoms with Gasteiger partial charge in [-0.05, 0) is 18.4 Å². The summed E-state index contributed by atoms with van der Waals surface area (Å²) in [6.07, 6.45) is 6.80. The van der Waals surface area contributed by atoms with E-state index in [0.717, 1.165) is 18.5 Å². The quantitative estimate of drug-likeness (QED) is 0.861. The molecule has 0 aromatic heterocycles. The van der Waals surface area contributed by atoms with Crippen molar-refractivity contribution in [1.29, 1.82) is 0 Å². The molecule has 4 rings (SSSR count). The van der Waals surface area contributed by atoms with E-state index in [9.17, 15) is 0 Å². The van der Waals surface area contributed by atoms with Crippen LogP contribution in [0.5, 0.6) is 0 Å². The van der Waals surface area contributed by atoms with E-state index in [1.807, 2.05) is 6.07 Å². The second-order valence-corrected chi connectivity index (χ2v) is 5.54. The highest BCUT2D eigenvalue weighted by Gasteiger charge is 2.24. The fraction of sp³-hybridized carbons (Fsp3) is 0.100. The molecule has 0 unspecified atom stereocenters. The van der Waals surface area contributed by atoms with Crippen molar-refractivity contribution in [3.05, 3.63) is 95.2 Å². The molecule has 0 fully saturated rings. The first-order valence-corrected chi connectivity index (χ1v) is 7.72. The van der Waals surface area contributed by atoms with Gasteiger partial charge in [0.05, 0.1) is 11.4 Å². The third-order valence-corrected chi connectivity index (χ3v) is 4.12. The second-order valence-electron chi connectivity index (χ2n) is 5.54. The number of hydrogen-bond donors (Lipinski definition) is 2. The van der Waals surface area contributed by atoms with Crippen molar-refractivity contribution in [1.82, 2.24) is 10.9 Å². The molecule has 0 radical (unpaired) electrons. The topological polar surface area (TPSA) is 24.1 Å². The molecular formula is C20H18N2. The Hall–Kier alpha value is -2.74. The maximum absolute atomic E-state index is 3.40. The second kappa shape index (κ2) is 5.57. The van der Waals surface area contributed by atoms with Crippen molar-refractivity contribution in [3.63, 3.8) is 0 Å². The summed E-state index contributed by atoms with van der Waals surface area (Å²) in [7, 11) is 0. The lowest BCUT2D eigenvalue weighted by molar-refractivity contribution is 0.730. The summed E-state index contributed by atoms with van der Waals surface area (Å²) in [5, 5.41) is 0. The number of benzene rings is 2. The van der Waals surface area contributed by atoms with E-state index in [0.29, 0.717) is 0 Å². The lowest BCUT2D eigenvalue weighted by Gasteiger charge is -2.30. The molecule has 0 saturated carbocycles. The summed E-state index contributed by atoms with van der Waals surface area (Å²) in [6, 6.07) is 21.1. The summed E-state index contributed by atoms with van der Waals surface area (Å²) in [5.74, 6) is 0. The predicted octanol–water partition coefficient (Wildman–Crippen LogP) is 4.27. The fourth-order valence-electron chi connectivity index (χ4n) is 3.08. The van der Waals surface area contributed by atoms with Gasteiger partial charge in [-0.3, -0.25) is 5.43 Å². The van der Waals surface area contributed by atoms with Crippen molar-refractivity contribution in [2.24, 2.45) is 0 Å². The van der Waals surface area contributed by atoms with Crippen LogP contribution in [0.4, 0.5) is 0 Å². The SMILES string of the molecule is C1=C2NNC(c3ccccc3)=C(c3ccccc3)C2=CCC1. The maximum Gasteiger partial charge on any atom is 0.0697 e. The molecule has 108 valence electrons. The Morgan fingerprint density at radius 1 is 0.636 bits per heavy atom. The van der Waals surface area contributed by atoms with E-state index >= 15 is 0 Å². The standard InChI is InChI=1S/C20H18N2/c1-3-9-15(10-4-1)19-17-13-7-8-14-18(17)21-22-20(19)16-11-5-2-6-12-16/h1-6,9-14,21-22H,7-8H2. The van der Waals surface area contributed by atoms with Gasteiger partial charge in [-0.2, -0.15) is 0 Å². The number of nitrogens with one attached hydrogen (secondary N) is 2. The highest BCUT2D eigenvalue weighted by molar-refractivity contribution is 6.01. The Morgan fingerprint density at radius 3 is 2.00 bits per heavy atom. The van der Waals surface area contributed by atoms with Gasteiger partial charge in [-0.1, -0.05) is 72.8 Å². The average Bonchev–Trinajstić information content (AvgIpc) is 2.62. The minimum atomic E-state index is 1.09. The van der Waals surface area contributed by atoms with Gasteiger partial charge in [0.15, 0.2) is 0 Å². The molecule has 2 nitrogen and oxygen atoms in total. The molecule has 2 N–H and O–H groups in total. The van der Waals surface area contributed by atoms with Crippen LogP contribution in [0.15, 0.2) is 84.1 Å². The molecule has 1 aliphatic heterocycles. The van der Waals surface area contributed by atoms with Crippen molar-refractivity contribution >= 4 is 11.3 Å². The molecule has 0 bridgehead atoms. The Morgan fingerprint density at radius 2 is 1.27 bits per heavy atom. The molecule has 2 aromatic rings. The lowest BCUT2D eigenvalue weighted by Crippen LogP contribution is -2.36. The molecule has 2 aromatic carbocycles. The molecule has 1 heterocycles. The maximum atomic E-state index is 3.40. The van der Waals surface area contributed by atoms with Gasteiger partial charge in [0.25, 0.3) is 0 Å². The van der Waals surface area contributed by atoms with E-state index < -0.39 is 0 Å². The fourth-order valence-corrected chi connectivity index (χ4v) is 3.08. The third kappa shape index (κ3) is 2.23. The van der Waals surface area contributed by atoms with Crippen LogP contribution < -0.4 is 10.9 Å². The third-order valence-electron chi connectivity index (χ3n) is 4.12. The first-order chi connectivity index (χ1) is 10.9. The van der Waals surface area contributed by atoms with Crippen LogP contribution in [0.25, 0.3) is 11.3 Å². The highest BCUT2D eigenvalue weighted by atomic mass is 15.4. The summed E-state index contributed by atoms with van der Waals surface area (Å²) >= 11 is 0. The molecule has 0 amide bonds. The normalized spacial score (nSPS) is 16.9. The molecule has 0 saturated heterocycles. The van der Waals surface area contributed by atoms with Crippen LogP contribution in [0.3, 0.4) is 0 Å². The Labute approximate surface area is 130 Å². The number of hydrazine groups is 1. The average molecular weight is 286 g/mol. The number of rotatable bonds is 2. The van der Waals surface area contributed by atoms with Crippen LogP contribution in [0.2, 0.25) is 0 Å². The number of allylic oxidation sites excluding steroid dienone is 3. The summed E-state index contributed by atoms with van der Waals surface area (Å²) in [5.41, 5.74) is 14.1. The van der Waals surface area contributed by atoms with Gasteiger partial charge in [0, 0.05) is 16.7 Å². The van der Waals surface area contributed by atoms with E-state index in [4.69, 9.17) is 0 Å². The summed E-state index contributed by atoms with van der Waals surface area (Å²) < 4.78 is 0. The zero-order valence-corrected chi connectivity index (χ0v) is 12.3. The van der Waals surface area contributed by atoms with Crippen LogP contribution in [-0.2, 0) is 0 Å². The predicted molar refractivity (Wildman–Crippen MR) is 91.4 cm³/mol. The van der Waals surface area contributed by atoms with Crippen molar-refractivity contribution in [2.75, 3.05) is 0 Å². The van der Waals surface area contributed by atoms with E-state index in [1.165, 1.54) is 28.0 Å². The van der Waals surface area contributed by atoms with Crippen molar-refractivity contribution in [3.8, 4) is 0 Å². The summed E-state index contributed by atoms with van der Waals surface area (Å²) in [4.78, 5) is 0. The minimum Gasteiger partial charge on any atom is -0.301 e. The van der Waals surface area contributed by atoms with Crippen LogP contribution in [0.1, 0.15) is 24.0 Å². The van der Waals surface area contributed by atoms with Crippen LogP contribution >= 0.6 is 0 Å². The molecule has 22 heavy (non-hydrogen) atoms. The van der Waals surface area contributed by atoms with Crippen LogP contribution in [0, 0.1) is 0 Å². The molecular weight excluding hydrogens is 268 g/mol. The summed E-state index contributed by atoms with van der Waals surface area (Å²) in [6.45, 7) is 0. The van der Waals surface area contributed by atoms with Crippen LogP contribution in [-0.4, -0.2) is 0 Å². The van der Waals surface area contributed by atoms with Crippen molar-refractivity contribution < 1.29 is 0 Å². The number of hydrogen-bond acceptors (Lipinski definition) is 2. The van der Waals surface area contributed by atoms with Gasteiger partial charge >= 0.3 is 0 Å². The lowest BCUT2D eigenvalue weighted by atomic mass is 9.87. The van der Waals surface area contributed by atoms with Gasteiger partial charge in [-0.25, -0.2) is 0 Å². The van der Waals surface area contributed by atoms with Gasteiger partial charge in [0.1, 0.15) is 0 Å². The monoisotopic (exact) mass is 286 g/mol. The molecule has 0 atom stereocenters. The van der Waals surface area contributed by atoms with Gasteiger partial charge in [-0.15, -0.1) is 0 Å². The zero-order chi connectivity index (χ0) is 14.8. The van der Waals surface area contributed by atoms with E-state index in [-0.39, 0.29) is 0 Å². The Kier molecular flexibility index (Phi) is 3.28. The van der Waals surface area contributed by atoms with E-state index in [2.05, 4.69) is 77.6 Å². The first kappa shape index (κ1) is 13.0. The Bertz CT molecular complexity index is 768. The van der Waals surface area contributed by atoms with Gasteiger partial charge < -0.3 is 5.43 Å². The molecule has 2 heteroatoms. The minimum absolute atomic E-state index is 1.09.